The zero-order valence-electron chi connectivity index (χ0n) is 17.0. The lowest BCUT2D eigenvalue weighted by atomic mass is 9.93. The molecule has 7 nitrogen and oxygen atoms in total. The Morgan fingerprint density at radius 1 is 1.03 bits per heavy atom. The van der Waals surface area contributed by atoms with Crippen LogP contribution in [0.15, 0.2) is 84.1 Å². The molecule has 0 radical (unpaired) electrons. The summed E-state index contributed by atoms with van der Waals surface area (Å²) in [5.74, 6) is -0.787. The van der Waals surface area contributed by atoms with Crippen LogP contribution >= 0.6 is 0 Å². The van der Waals surface area contributed by atoms with E-state index in [2.05, 4.69) is 0 Å². The van der Waals surface area contributed by atoms with Gasteiger partial charge in [0.15, 0.2) is 6.23 Å². The number of ether oxygens (including phenoxy) is 1. The maximum atomic E-state index is 12.9. The van der Waals surface area contributed by atoms with E-state index in [9.17, 15) is 19.5 Å². The first-order valence-corrected chi connectivity index (χ1v) is 10.0. The molecule has 0 saturated carbocycles. The van der Waals surface area contributed by atoms with Gasteiger partial charge < -0.3 is 9.84 Å². The number of rotatable bonds is 4. The lowest BCUT2D eigenvalue weighted by Gasteiger charge is -2.33. The summed E-state index contributed by atoms with van der Waals surface area (Å²) < 4.78 is 5.82. The minimum atomic E-state index is -1.30. The molecule has 3 amide bonds. The predicted molar refractivity (Wildman–Crippen MR) is 114 cm³/mol. The van der Waals surface area contributed by atoms with Crippen molar-refractivity contribution in [3.8, 4) is 0 Å². The van der Waals surface area contributed by atoms with Crippen molar-refractivity contribution in [3.05, 3.63) is 89.7 Å². The zero-order valence-corrected chi connectivity index (χ0v) is 17.0. The first-order chi connectivity index (χ1) is 15.0. The number of amides is 3. The van der Waals surface area contributed by atoms with E-state index in [4.69, 9.17) is 4.74 Å². The molecule has 0 spiro atoms. The molecule has 158 valence electrons. The Bertz CT molecular complexity index is 1060. The third kappa shape index (κ3) is 3.94. The molecule has 1 fully saturated rings. The average Bonchev–Trinajstić information content (AvgIpc) is 3.07. The van der Waals surface area contributed by atoms with E-state index in [1.54, 1.807) is 25.1 Å². The van der Waals surface area contributed by atoms with E-state index in [0.717, 1.165) is 10.5 Å². The summed E-state index contributed by atoms with van der Waals surface area (Å²) in [4.78, 5) is 39.7. The van der Waals surface area contributed by atoms with Gasteiger partial charge in [-0.05, 0) is 43.5 Å². The van der Waals surface area contributed by atoms with Gasteiger partial charge in [0.25, 0.3) is 11.8 Å². The van der Waals surface area contributed by atoms with Crippen molar-refractivity contribution < 1.29 is 24.2 Å². The molecule has 1 saturated heterocycles. The number of anilines is 1. The molecule has 2 aromatic carbocycles. The SMILES string of the molecule is CC1=CC(OC=C2CCC(c3ccccc3)N(C(=O)O)C2=O)N(c2ccccc2)C1=O. The summed E-state index contributed by atoms with van der Waals surface area (Å²) in [6, 6.07) is 17.7. The minimum Gasteiger partial charge on any atom is -0.474 e. The first-order valence-electron chi connectivity index (χ1n) is 10.0. The van der Waals surface area contributed by atoms with Crippen LogP contribution in [0.4, 0.5) is 10.5 Å². The second-order valence-corrected chi connectivity index (χ2v) is 7.45. The van der Waals surface area contributed by atoms with Crippen LogP contribution in [0.3, 0.4) is 0 Å². The van der Waals surface area contributed by atoms with Crippen LogP contribution in [0, 0.1) is 0 Å². The highest BCUT2D eigenvalue weighted by atomic mass is 16.5. The fourth-order valence-electron chi connectivity index (χ4n) is 3.91. The molecule has 31 heavy (non-hydrogen) atoms. The Morgan fingerprint density at radius 2 is 1.68 bits per heavy atom. The van der Waals surface area contributed by atoms with Crippen molar-refractivity contribution in [1.82, 2.24) is 4.90 Å². The van der Waals surface area contributed by atoms with Gasteiger partial charge in [-0.3, -0.25) is 14.5 Å². The topological polar surface area (TPSA) is 87.2 Å². The average molecular weight is 418 g/mol. The number of likely N-dealkylation sites (tertiary alicyclic amines) is 1. The van der Waals surface area contributed by atoms with Crippen molar-refractivity contribution in [3.63, 3.8) is 0 Å². The lowest BCUT2D eigenvalue weighted by Crippen LogP contribution is -2.43. The summed E-state index contributed by atoms with van der Waals surface area (Å²) >= 11 is 0. The maximum Gasteiger partial charge on any atom is 0.414 e. The number of piperidine rings is 1. The van der Waals surface area contributed by atoms with Crippen LogP contribution in [0.1, 0.15) is 31.4 Å². The smallest absolute Gasteiger partial charge is 0.414 e. The van der Waals surface area contributed by atoms with Crippen molar-refractivity contribution in [2.24, 2.45) is 0 Å². The Morgan fingerprint density at radius 3 is 2.32 bits per heavy atom. The predicted octanol–water partition coefficient (Wildman–Crippen LogP) is 4.25. The van der Waals surface area contributed by atoms with E-state index >= 15 is 0 Å². The third-order valence-electron chi connectivity index (χ3n) is 5.47. The van der Waals surface area contributed by atoms with Gasteiger partial charge in [0, 0.05) is 11.3 Å². The number of hydrogen-bond acceptors (Lipinski definition) is 4. The van der Waals surface area contributed by atoms with E-state index in [-0.39, 0.29) is 11.5 Å². The highest BCUT2D eigenvalue weighted by Crippen LogP contribution is 2.34. The van der Waals surface area contributed by atoms with Gasteiger partial charge in [-0.15, -0.1) is 0 Å². The fourth-order valence-corrected chi connectivity index (χ4v) is 3.91. The van der Waals surface area contributed by atoms with Gasteiger partial charge in [0.1, 0.15) is 0 Å². The Hall–Kier alpha value is -3.87. The molecule has 0 aliphatic carbocycles. The Balaban J connectivity index is 1.56. The van der Waals surface area contributed by atoms with Gasteiger partial charge >= 0.3 is 6.09 Å². The quantitative estimate of drug-likeness (QED) is 0.593. The third-order valence-corrected chi connectivity index (χ3v) is 5.47. The largest absolute Gasteiger partial charge is 0.474 e. The Labute approximate surface area is 179 Å². The molecule has 1 N–H and O–H groups in total. The van der Waals surface area contributed by atoms with Crippen molar-refractivity contribution >= 4 is 23.6 Å². The van der Waals surface area contributed by atoms with Crippen molar-refractivity contribution in [1.29, 1.82) is 0 Å². The van der Waals surface area contributed by atoms with Gasteiger partial charge in [-0.25, -0.2) is 9.69 Å². The lowest BCUT2D eigenvalue weighted by molar-refractivity contribution is -0.129. The number of nitrogens with zero attached hydrogens (tertiary/aromatic N) is 2. The van der Waals surface area contributed by atoms with E-state index in [1.165, 1.54) is 11.2 Å². The van der Waals surface area contributed by atoms with E-state index in [1.807, 2.05) is 48.5 Å². The molecule has 2 aliphatic heterocycles. The van der Waals surface area contributed by atoms with Crippen LogP contribution < -0.4 is 4.90 Å². The summed E-state index contributed by atoms with van der Waals surface area (Å²) in [7, 11) is 0. The van der Waals surface area contributed by atoms with Crippen molar-refractivity contribution in [2.75, 3.05) is 4.90 Å². The maximum absolute atomic E-state index is 12.9. The first kappa shape index (κ1) is 20.4. The molecule has 7 heteroatoms. The molecule has 4 rings (SSSR count). The number of imide groups is 1. The van der Waals surface area contributed by atoms with Crippen LogP contribution in [0.25, 0.3) is 0 Å². The van der Waals surface area contributed by atoms with Gasteiger partial charge in [-0.1, -0.05) is 48.5 Å². The van der Waals surface area contributed by atoms with Gasteiger partial charge in [0.2, 0.25) is 0 Å². The summed E-state index contributed by atoms with van der Waals surface area (Å²) in [5.41, 5.74) is 2.25. The molecular weight excluding hydrogens is 396 g/mol. The number of carbonyl (C=O) groups excluding carboxylic acids is 2. The van der Waals surface area contributed by atoms with E-state index < -0.39 is 24.3 Å². The molecule has 2 aliphatic rings. The highest BCUT2D eigenvalue weighted by Gasteiger charge is 2.38. The minimum absolute atomic E-state index is 0.180. The number of carbonyl (C=O) groups is 3. The number of benzene rings is 2. The fraction of sp³-hybridized carbons (Fsp3) is 0.208. The van der Waals surface area contributed by atoms with Crippen LogP contribution in [0.2, 0.25) is 0 Å². The second-order valence-electron chi connectivity index (χ2n) is 7.45. The van der Waals surface area contributed by atoms with Gasteiger partial charge in [-0.2, -0.15) is 0 Å². The summed E-state index contributed by atoms with van der Waals surface area (Å²) in [5, 5.41) is 9.67. The number of para-hydroxylation sites is 1. The monoisotopic (exact) mass is 418 g/mol. The van der Waals surface area contributed by atoms with Gasteiger partial charge in [0.05, 0.1) is 17.9 Å². The normalized spacial score (nSPS) is 22.6. The highest BCUT2D eigenvalue weighted by molar-refractivity contribution is 6.08. The van der Waals surface area contributed by atoms with Crippen LogP contribution in [0.5, 0.6) is 0 Å². The van der Waals surface area contributed by atoms with Crippen LogP contribution in [-0.4, -0.2) is 34.1 Å². The molecule has 0 aromatic heterocycles. The molecule has 2 aromatic rings. The number of carboxylic acid groups (broad SMARTS) is 1. The zero-order chi connectivity index (χ0) is 22.0. The molecular formula is C24H22N2O5. The summed E-state index contributed by atoms with van der Waals surface area (Å²) in [6.45, 7) is 1.71. The van der Waals surface area contributed by atoms with Crippen LogP contribution in [-0.2, 0) is 14.3 Å². The van der Waals surface area contributed by atoms with Crippen molar-refractivity contribution in [2.45, 2.75) is 32.0 Å². The molecule has 2 atom stereocenters. The molecule has 2 unspecified atom stereocenters. The van der Waals surface area contributed by atoms with E-state index in [0.29, 0.717) is 24.1 Å². The Kier molecular flexibility index (Phi) is 5.58. The number of hydrogen-bond donors (Lipinski definition) is 1. The molecule has 2 heterocycles. The molecule has 0 bridgehead atoms. The second kappa shape index (κ2) is 8.47. The summed E-state index contributed by atoms with van der Waals surface area (Å²) in [6.07, 6.45) is 1.79. The standard InChI is InChI=1S/C24H22N2O5/c1-16-14-21(25(22(16)27)19-10-6-3-7-11-19)31-15-18-12-13-20(17-8-4-2-5-9-17)26(23(18)28)24(29)30/h2-11,14-15,20-21H,12-13H2,1H3,(H,29,30).